The monoisotopic (exact) mass is 366 g/mol. The van der Waals surface area contributed by atoms with Crippen molar-refractivity contribution in [2.24, 2.45) is 11.8 Å². The maximum atomic E-state index is 12.9. The Morgan fingerprint density at radius 3 is 2.16 bits per heavy atom. The number of hydrogen-bond donors (Lipinski definition) is 1. The van der Waals surface area contributed by atoms with E-state index < -0.39 is 10.0 Å². The molecule has 0 spiro atoms. The summed E-state index contributed by atoms with van der Waals surface area (Å²) in [4.78, 5) is 12.5. The fraction of sp³-hybridized carbons (Fsp3) is 0.632. The van der Waals surface area contributed by atoms with Gasteiger partial charge in [0.1, 0.15) is 0 Å². The van der Waals surface area contributed by atoms with E-state index in [0.29, 0.717) is 30.5 Å². The van der Waals surface area contributed by atoms with E-state index in [1.54, 1.807) is 16.4 Å². The van der Waals surface area contributed by atoms with Gasteiger partial charge in [-0.05, 0) is 62.8 Å². The average molecular weight is 367 g/mol. The minimum Gasteiger partial charge on any atom is -0.347 e. The zero-order chi connectivity index (χ0) is 18.8. The molecule has 1 fully saturated rings. The second-order valence-electron chi connectivity index (χ2n) is 7.98. The van der Waals surface area contributed by atoms with Crippen LogP contribution >= 0.6 is 0 Å². The summed E-state index contributed by atoms with van der Waals surface area (Å²) in [7, 11) is -3.51. The standard InChI is InChI=1S/C19H30N2O3S/c1-6-19(4,5)20-18(22)16-7-9-17(10-8-16)25(23,24)21-12-14(2)11-15(3)13-21/h7-10,14-15H,6,11-13H2,1-5H3,(H,20,22)/t14-,15-/m1/s1. The van der Waals surface area contributed by atoms with Gasteiger partial charge in [-0.25, -0.2) is 8.42 Å². The predicted octanol–water partition coefficient (Wildman–Crippen LogP) is 3.27. The second kappa shape index (κ2) is 7.46. The second-order valence-corrected chi connectivity index (χ2v) is 9.92. The Balaban J connectivity index is 2.17. The van der Waals surface area contributed by atoms with Gasteiger partial charge < -0.3 is 5.32 Å². The lowest BCUT2D eigenvalue weighted by molar-refractivity contribution is 0.0911. The van der Waals surface area contributed by atoms with Gasteiger partial charge >= 0.3 is 0 Å². The van der Waals surface area contributed by atoms with Crippen LogP contribution in [0.3, 0.4) is 0 Å². The van der Waals surface area contributed by atoms with Gasteiger partial charge in [0.25, 0.3) is 5.91 Å². The fourth-order valence-corrected chi connectivity index (χ4v) is 4.88. The lowest BCUT2D eigenvalue weighted by Crippen LogP contribution is -2.43. The fourth-order valence-electron chi connectivity index (χ4n) is 3.20. The number of amides is 1. The quantitative estimate of drug-likeness (QED) is 0.870. The minimum absolute atomic E-state index is 0.184. The molecule has 0 aromatic heterocycles. The van der Waals surface area contributed by atoms with Crippen LogP contribution in [0.25, 0.3) is 0 Å². The molecule has 0 radical (unpaired) electrons. The summed E-state index contributed by atoms with van der Waals surface area (Å²) in [6.45, 7) is 11.2. The highest BCUT2D eigenvalue weighted by atomic mass is 32.2. The van der Waals surface area contributed by atoms with Gasteiger partial charge in [0.2, 0.25) is 10.0 Å². The number of carbonyl (C=O) groups is 1. The number of sulfonamides is 1. The van der Waals surface area contributed by atoms with Crippen LogP contribution < -0.4 is 5.32 Å². The van der Waals surface area contributed by atoms with Crippen molar-refractivity contribution in [3.63, 3.8) is 0 Å². The zero-order valence-electron chi connectivity index (χ0n) is 15.9. The maximum Gasteiger partial charge on any atom is 0.251 e. The van der Waals surface area contributed by atoms with E-state index in [0.717, 1.165) is 12.8 Å². The van der Waals surface area contributed by atoms with Crippen molar-refractivity contribution in [1.82, 2.24) is 9.62 Å². The first kappa shape index (κ1) is 19.9. The summed E-state index contributed by atoms with van der Waals surface area (Å²) in [6.07, 6.45) is 1.87. The van der Waals surface area contributed by atoms with E-state index >= 15 is 0 Å². The van der Waals surface area contributed by atoms with Gasteiger partial charge in [-0.1, -0.05) is 20.8 Å². The first-order chi connectivity index (χ1) is 11.5. The number of carbonyl (C=O) groups excluding carboxylic acids is 1. The third-order valence-corrected chi connectivity index (χ3v) is 6.77. The molecule has 0 unspecified atom stereocenters. The summed E-state index contributed by atoms with van der Waals surface area (Å²) in [5, 5.41) is 2.96. The third-order valence-electron chi connectivity index (χ3n) is 4.93. The van der Waals surface area contributed by atoms with Crippen molar-refractivity contribution >= 4 is 15.9 Å². The first-order valence-corrected chi connectivity index (χ1v) is 10.4. The predicted molar refractivity (Wildman–Crippen MR) is 100.0 cm³/mol. The van der Waals surface area contributed by atoms with Gasteiger partial charge in [0, 0.05) is 24.2 Å². The van der Waals surface area contributed by atoms with E-state index in [9.17, 15) is 13.2 Å². The van der Waals surface area contributed by atoms with Crippen molar-refractivity contribution in [3.05, 3.63) is 29.8 Å². The number of rotatable bonds is 5. The lowest BCUT2D eigenvalue weighted by Gasteiger charge is -2.34. The molecule has 140 valence electrons. The summed E-state index contributed by atoms with van der Waals surface area (Å²) in [5.41, 5.74) is 0.183. The highest BCUT2D eigenvalue weighted by Gasteiger charge is 2.31. The highest BCUT2D eigenvalue weighted by Crippen LogP contribution is 2.26. The Morgan fingerprint density at radius 2 is 1.68 bits per heavy atom. The molecule has 6 heteroatoms. The number of benzene rings is 1. The smallest absolute Gasteiger partial charge is 0.251 e. The molecule has 1 amide bonds. The molecule has 1 aliphatic rings. The molecule has 1 aliphatic heterocycles. The summed E-state index contributed by atoms with van der Waals surface area (Å²) in [6, 6.07) is 6.25. The molecule has 1 aromatic carbocycles. The molecular weight excluding hydrogens is 336 g/mol. The zero-order valence-corrected chi connectivity index (χ0v) is 16.7. The van der Waals surface area contributed by atoms with E-state index in [2.05, 4.69) is 19.2 Å². The summed E-state index contributed by atoms with van der Waals surface area (Å²) in [5.74, 6) is 0.538. The Hall–Kier alpha value is -1.40. The average Bonchev–Trinajstić information content (AvgIpc) is 2.53. The highest BCUT2D eigenvalue weighted by molar-refractivity contribution is 7.89. The van der Waals surface area contributed by atoms with Gasteiger partial charge in [-0.2, -0.15) is 4.31 Å². The van der Waals surface area contributed by atoms with Crippen LogP contribution in [-0.2, 0) is 10.0 Å². The number of piperidine rings is 1. The van der Waals surface area contributed by atoms with Crippen molar-refractivity contribution in [1.29, 1.82) is 0 Å². The molecular formula is C19H30N2O3S. The van der Waals surface area contributed by atoms with E-state index in [1.165, 1.54) is 12.1 Å². The van der Waals surface area contributed by atoms with Crippen LogP contribution in [0.2, 0.25) is 0 Å². The molecule has 5 nitrogen and oxygen atoms in total. The summed E-state index contributed by atoms with van der Waals surface area (Å²) >= 11 is 0. The van der Waals surface area contributed by atoms with Crippen LogP contribution in [0.5, 0.6) is 0 Å². The maximum absolute atomic E-state index is 12.9. The molecule has 0 saturated carbocycles. The first-order valence-electron chi connectivity index (χ1n) is 8.98. The molecule has 2 rings (SSSR count). The molecule has 1 N–H and O–H groups in total. The molecule has 1 heterocycles. The van der Waals surface area contributed by atoms with Crippen LogP contribution in [0, 0.1) is 11.8 Å². The van der Waals surface area contributed by atoms with Gasteiger partial charge in [-0.3, -0.25) is 4.79 Å². The Bertz CT molecular complexity index is 701. The molecule has 0 bridgehead atoms. The Morgan fingerprint density at radius 1 is 1.16 bits per heavy atom. The van der Waals surface area contributed by atoms with Crippen LogP contribution in [-0.4, -0.2) is 37.3 Å². The largest absolute Gasteiger partial charge is 0.347 e. The number of hydrogen-bond acceptors (Lipinski definition) is 3. The summed E-state index contributed by atoms with van der Waals surface area (Å²) < 4.78 is 27.3. The van der Waals surface area contributed by atoms with Crippen LogP contribution in [0.1, 0.15) is 57.8 Å². The topological polar surface area (TPSA) is 66.5 Å². The van der Waals surface area contributed by atoms with Crippen LogP contribution in [0.15, 0.2) is 29.2 Å². The van der Waals surface area contributed by atoms with Gasteiger partial charge in [-0.15, -0.1) is 0 Å². The van der Waals surface area contributed by atoms with Crippen molar-refractivity contribution < 1.29 is 13.2 Å². The number of nitrogens with zero attached hydrogens (tertiary/aromatic N) is 1. The lowest BCUT2D eigenvalue weighted by atomic mass is 9.94. The molecule has 25 heavy (non-hydrogen) atoms. The van der Waals surface area contributed by atoms with Crippen molar-refractivity contribution in [2.75, 3.05) is 13.1 Å². The Labute approximate surface area is 151 Å². The van der Waals surface area contributed by atoms with Gasteiger partial charge in [0.05, 0.1) is 4.90 Å². The van der Waals surface area contributed by atoms with Crippen LogP contribution in [0.4, 0.5) is 0 Å². The van der Waals surface area contributed by atoms with E-state index in [4.69, 9.17) is 0 Å². The van der Waals surface area contributed by atoms with Crippen molar-refractivity contribution in [2.45, 2.75) is 57.9 Å². The SMILES string of the molecule is CCC(C)(C)NC(=O)c1ccc(S(=O)(=O)N2C[C@H](C)C[C@@H](C)C2)cc1. The van der Waals surface area contributed by atoms with Crippen molar-refractivity contribution in [3.8, 4) is 0 Å². The minimum atomic E-state index is -3.51. The van der Waals surface area contributed by atoms with E-state index in [-0.39, 0.29) is 16.3 Å². The third kappa shape index (κ3) is 4.82. The molecule has 0 aliphatic carbocycles. The molecule has 1 saturated heterocycles. The normalized spacial score (nSPS) is 22.6. The van der Waals surface area contributed by atoms with E-state index in [1.807, 2.05) is 20.8 Å². The Kier molecular flexibility index (Phi) is 5.94. The molecule has 2 atom stereocenters. The molecule has 1 aromatic rings. The van der Waals surface area contributed by atoms with Gasteiger partial charge in [0.15, 0.2) is 0 Å². The number of nitrogens with one attached hydrogen (secondary N) is 1.